The zero-order chi connectivity index (χ0) is 18.5. The van der Waals surface area contributed by atoms with Gasteiger partial charge in [0.15, 0.2) is 0 Å². The Kier molecular flexibility index (Phi) is 11.4. The topological polar surface area (TPSA) is 103 Å². The third-order valence-electron chi connectivity index (χ3n) is 3.31. The molecule has 0 aliphatic heterocycles. The van der Waals surface area contributed by atoms with Crippen LogP contribution in [0.4, 0.5) is 9.59 Å². The molecular weight excluding hydrogens is 316 g/mol. The van der Waals surface area contributed by atoms with E-state index in [9.17, 15) is 14.4 Å². The average Bonchev–Trinajstić information content (AvgIpc) is 2.50. The molecule has 24 heavy (non-hydrogen) atoms. The highest BCUT2D eigenvalue weighted by atomic mass is 16.6. The summed E-state index contributed by atoms with van der Waals surface area (Å²) in [4.78, 5) is 35.0. The normalized spacial score (nSPS) is 12.9. The maximum Gasteiger partial charge on any atom is 0.407 e. The maximum absolute atomic E-state index is 12.2. The van der Waals surface area contributed by atoms with Crippen LogP contribution in [-0.4, -0.2) is 50.1 Å². The van der Waals surface area contributed by atoms with Gasteiger partial charge < -0.3 is 24.8 Å². The Bertz CT molecular complexity index is 400. The fourth-order valence-electron chi connectivity index (χ4n) is 1.64. The van der Waals surface area contributed by atoms with E-state index in [1.54, 1.807) is 20.8 Å². The van der Waals surface area contributed by atoms with E-state index in [1.165, 1.54) is 0 Å². The highest BCUT2D eigenvalue weighted by molar-refractivity contribution is 5.81. The van der Waals surface area contributed by atoms with E-state index in [0.29, 0.717) is 19.4 Å². The maximum atomic E-state index is 12.2. The van der Waals surface area contributed by atoms with Crippen molar-refractivity contribution in [3.8, 4) is 0 Å². The third-order valence-corrected chi connectivity index (χ3v) is 3.31. The van der Waals surface area contributed by atoms with Crippen LogP contribution in [0.25, 0.3) is 0 Å². The summed E-state index contributed by atoms with van der Waals surface area (Å²) >= 11 is 0. The molecule has 0 saturated heterocycles. The molecule has 0 aromatic heterocycles. The van der Waals surface area contributed by atoms with Crippen LogP contribution in [0.5, 0.6) is 0 Å². The minimum absolute atomic E-state index is 0.169. The molecule has 0 radical (unpaired) electrons. The van der Waals surface area contributed by atoms with Gasteiger partial charge in [-0.05, 0) is 39.5 Å². The molecule has 140 valence electrons. The zero-order valence-corrected chi connectivity index (χ0v) is 15.2. The average molecular weight is 346 g/mol. The predicted molar refractivity (Wildman–Crippen MR) is 88.6 cm³/mol. The van der Waals surface area contributed by atoms with Crippen molar-refractivity contribution in [2.24, 2.45) is 5.92 Å². The summed E-state index contributed by atoms with van der Waals surface area (Å²) in [6, 6.07) is -0.825. The summed E-state index contributed by atoms with van der Waals surface area (Å²) in [5.74, 6) is -0.344. The van der Waals surface area contributed by atoms with Crippen LogP contribution < -0.4 is 10.6 Å². The van der Waals surface area contributed by atoms with E-state index in [2.05, 4.69) is 10.6 Å². The summed E-state index contributed by atoms with van der Waals surface area (Å²) in [5.41, 5.74) is 0. The van der Waals surface area contributed by atoms with Gasteiger partial charge >= 0.3 is 18.2 Å². The summed E-state index contributed by atoms with van der Waals surface area (Å²) in [6.45, 7) is 9.89. The summed E-state index contributed by atoms with van der Waals surface area (Å²) in [6.07, 6.45) is -0.657. The van der Waals surface area contributed by atoms with E-state index in [0.717, 1.165) is 0 Å². The molecule has 0 heterocycles. The quantitative estimate of drug-likeness (QED) is 0.357. The second-order valence-electron chi connectivity index (χ2n) is 5.59. The molecule has 8 nitrogen and oxygen atoms in total. The van der Waals surface area contributed by atoms with Crippen molar-refractivity contribution in [2.45, 2.75) is 59.6 Å². The van der Waals surface area contributed by atoms with Crippen molar-refractivity contribution in [2.75, 3.05) is 19.8 Å². The summed E-state index contributed by atoms with van der Waals surface area (Å²) in [5, 5.41) is 5.05. The van der Waals surface area contributed by atoms with Gasteiger partial charge in [0.05, 0.1) is 13.2 Å². The molecule has 0 aromatic rings. The van der Waals surface area contributed by atoms with E-state index in [1.807, 2.05) is 13.8 Å². The van der Waals surface area contributed by atoms with Gasteiger partial charge in [-0.2, -0.15) is 0 Å². The molecular formula is C16H30N2O6. The lowest BCUT2D eigenvalue weighted by molar-refractivity contribution is -0.152. The van der Waals surface area contributed by atoms with Crippen molar-refractivity contribution in [1.82, 2.24) is 10.6 Å². The Morgan fingerprint density at radius 3 is 2.08 bits per heavy atom. The highest BCUT2D eigenvalue weighted by Crippen LogP contribution is 2.09. The van der Waals surface area contributed by atoms with Gasteiger partial charge in [-0.25, -0.2) is 14.4 Å². The number of rotatable bonds is 10. The van der Waals surface area contributed by atoms with Gasteiger partial charge in [0.2, 0.25) is 0 Å². The number of carbonyl (C=O) groups excluding carboxylic acids is 3. The van der Waals surface area contributed by atoms with Crippen LogP contribution in [0, 0.1) is 5.92 Å². The fraction of sp³-hybridized carbons (Fsp3) is 0.812. The van der Waals surface area contributed by atoms with Crippen LogP contribution in [0.15, 0.2) is 0 Å². The molecule has 0 aliphatic carbocycles. The number of hydrogen-bond acceptors (Lipinski definition) is 6. The summed E-state index contributed by atoms with van der Waals surface area (Å²) < 4.78 is 14.9. The standard InChI is InChI=1S/C16H30N2O6/c1-6-22-15(20)17-10-8-9-13(18-16(21)23-7-2)14(19)24-12(5)11(3)4/h11-13H,6-10H2,1-5H3,(H,17,20)(H,18,21)/t12-,13?/m0/s1. The van der Waals surface area contributed by atoms with Crippen molar-refractivity contribution in [3.05, 3.63) is 0 Å². The van der Waals surface area contributed by atoms with Crippen LogP contribution in [0.3, 0.4) is 0 Å². The van der Waals surface area contributed by atoms with Crippen molar-refractivity contribution in [3.63, 3.8) is 0 Å². The van der Waals surface area contributed by atoms with E-state index >= 15 is 0 Å². The molecule has 2 atom stereocenters. The predicted octanol–water partition coefficient (Wildman–Crippen LogP) is 2.22. The first kappa shape index (κ1) is 22.0. The molecule has 8 heteroatoms. The number of ether oxygens (including phenoxy) is 3. The number of esters is 1. The molecule has 1 unspecified atom stereocenters. The minimum atomic E-state index is -0.825. The first-order valence-corrected chi connectivity index (χ1v) is 8.36. The second-order valence-corrected chi connectivity index (χ2v) is 5.59. The van der Waals surface area contributed by atoms with Crippen LogP contribution in [-0.2, 0) is 19.0 Å². The Morgan fingerprint density at radius 1 is 0.958 bits per heavy atom. The Labute approximate surface area is 143 Å². The van der Waals surface area contributed by atoms with Gasteiger partial charge in [-0.15, -0.1) is 0 Å². The molecule has 0 bridgehead atoms. The first-order chi connectivity index (χ1) is 11.3. The fourth-order valence-corrected chi connectivity index (χ4v) is 1.64. The number of carbonyl (C=O) groups is 3. The van der Waals surface area contributed by atoms with Crippen molar-refractivity contribution < 1.29 is 28.6 Å². The van der Waals surface area contributed by atoms with E-state index < -0.39 is 24.2 Å². The molecule has 2 N–H and O–H groups in total. The van der Waals surface area contributed by atoms with Gasteiger partial charge in [-0.3, -0.25) is 0 Å². The first-order valence-electron chi connectivity index (χ1n) is 8.36. The molecule has 0 spiro atoms. The van der Waals surface area contributed by atoms with Crippen molar-refractivity contribution >= 4 is 18.2 Å². The third kappa shape index (κ3) is 9.91. The van der Waals surface area contributed by atoms with Gasteiger partial charge in [0, 0.05) is 6.54 Å². The van der Waals surface area contributed by atoms with Gasteiger partial charge in [-0.1, -0.05) is 13.8 Å². The van der Waals surface area contributed by atoms with Crippen molar-refractivity contribution in [1.29, 1.82) is 0 Å². The largest absolute Gasteiger partial charge is 0.461 e. The number of hydrogen-bond donors (Lipinski definition) is 2. The number of alkyl carbamates (subject to hydrolysis) is 2. The number of nitrogens with one attached hydrogen (secondary N) is 2. The molecule has 0 saturated carbocycles. The van der Waals surface area contributed by atoms with E-state index in [-0.39, 0.29) is 25.2 Å². The lowest BCUT2D eigenvalue weighted by Crippen LogP contribution is -2.44. The van der Waals surface area contributed by atoms with Crippen LogP contribution in [0.1, 0.15) is 47.5 Å². The Balaban J connectivity index is 4.49. The van der Waals surface area contributed by atoms with Gasteiger partial charge in [0.1, 0.15) is 12.1 Å². The Morgan fingerprint density at radius 2 is 1.54 bits per heavy atom. The lowest BCUT2D eigenvalue weighted by atomic mass is 10.1. The molecule has 0 rings (SSSR count). The highest BCUT2D eigenvalue weighted by Gasteiger charge is 2.25. The molecule has 2 amide bonds. The number of amides is 2. The zero-order valence-electron chi connectivity index (χ0n) is 15.2. The Hall–Kier alpha value is -1.99. The van der Waals surface area contributed by atoms with Crippen LogP contribution >= 0.6 is 0 Å². The summed E-state index contributed by atoms with van der Waals surface area (Å²) in [7, 11) is 0. The molecule has 0 aromatic carbocycles. The smallest absolute Gasteiger partial charge is 0.407 e. The minimum Gasteiger partial charge on any atom is -0.461 e. The monoisotopic (exact) mass is 346 g/mol. The molecule has 0 aliphatic rings. The lowest BCUT2D eigenvalue weighted by Gasteiger charge is -2.22. The SMILES string of the molecule is CCOC(=O)NCCCC(NC(=O)OCC)C(=O)O[C@@H](C)C(C)C. The molecule has 0 fully saturated rings. The second kappa shape index (κ2) is 12.4. The van der Waals surface area contributed by atoms with Crippen LogP contribution in [0.2, 0.25) is 0 Å². The van der Waals surface area contributed by atoms with E-state index in [4.69, 9.17) is 14.2 Å². The van der Waals surface area contributed by atoms with Gasteiger partial charge in [0.25, 0.3) is 0 Å².